The van der Waals surface area contributed by atoms with Gasteiger partial charge in [0.25, 0.3) is 0 Å². The molecule has 9 unspecified atom stereocenters. The molecular weight excluding hydrogens is 1570 g/mol. The van der Waals surface area contributed by atoms with E-state index in [9.17, 15) is 81.5 Å². The number of carbonyl (C=O) groups is 17. The van der Waals surface area contributed by atoms with Crippen LogP contribution in [0.25, 0.3) is 0 Å². The van der Waals surface area contributed by atoms with Crippen molar-refractivity contribution in [2.75, 3.05) is 96.4 Å². The number of carboxylic acid groups (broad SMARTS) is 1. The van der Waals surface area contributed by atoms with Gasteiger partial charge in [-0.1, -0.05) is 97.9 Å². The van der Waals surface area contributed by atoms with Crippen LogP contribution in [0.3, 0.4) is 0 Å². The van der Waals surface area contributed by atoms with Gasteiger partial charge in [-0.25, -0.2) is 0 Å². The Bertz CT molecular complexity index is 3510. The number of carbonyl (C=O) groups excluding carboxylic acids is 16. The number of aliphatic hydroxyl groups excluding tert-OH is 3. The molecule has 112 heavy (non-hydrogen) atoms. The number of amides is 4. The van der Waals surface area contributed by atoms with E-state index in [1.54, 1.807) is 97.9 Å². The molecule has 38 nitrogen and oxygen atoms in total. The molecule has 0 aromatic heterocycles. The summed E-state index contributed by atoms with van der Waals surface area (Å²) in [5, 5.41) is 52.1. The molecule has 3 aromatic carbocycles. The molecule has 3 aromatic rings. The lowest BCUT2D eigenvalue weighted by atomic mass is 10.1. The highest BCUT2D eigenvalue weighted by atomic mass is 35.5. The molecule has 0 aliphatic carbocycles. The van der Waals surface area contributed by atoms with Crippen LogP contribution in [0.1, 0.15) is 71.5 Å². The number of ketones is 3. The average molecular weight is 1650 g/mol. The zero-order chi connectivity index (χ0) is 84.7. The lowest BCUT2D eigenvalue weighted by Gasteiger charge is -2.17. The molecule has 4 fully saturated rings. The fourth-order valence-corrected chi connectivity index (χ4v) is 8.19. The molecular formula is C66H85B4Cl4N9O29. The van der Waals surface area contributed by atoms with Crippen LogP contribution in [0.2, 0.25) is 0 Å². The first-order valence-electron chi connectivity index (χ1n) is 32.9. The molecule has 0 saturated carbocycles. The van der Waals surface area contributed by atoms with Gasteiger partial charge in [0, 0.05) is 18.1 Å². The molecule has 0 bridgehead atoms. The molecule has 4 aliphatic heterocycles. The maximum absolute atomic E-state index is 12.1. The van der Waals surface area contributed by atoms with Crippen LogP contribution >= 0.6 is 46.4 Å². The topological polar surface area (TPSA) is 581 Å². The van der Waals surface area contributed by atoms with Gasteiger partial charge in [0.05, 0.1) is 118 Å². The van der Waals surface area contributed by atoms with E-state index < -0.39 is 150 Å². The molecule has 4 aliphatic rings. The van der Waals surface area contributed by atoms with Crippen molar-refractivity contribution in [3.8, 4) is 0 Å². The Kier molecular flexibility index (Phi) is 55.2. The summed E-state index contributed by atoms with van der Waals surface area (Å²) >= 11 is 19.1. The summed E-state index contributed by atoms with van der Waals surface area (Å²) < 4.78 is 38.5. The van der Waals surface area contributed by atoms with Crippen molar-refractivity contribution in [2.45, 2.75) is 93.4 Å². The van der Waals surface area contributed by atoms with Crippen LogP contribution in [0, 0.1) is 5.92 Å². The number of nitrogens with two attached hydrogens (primary N) is 2. The van der Waals surface area contributed by atoms with Crippen molar-refractivity contribution >= 4 is 178 Å². The minimum Gasteiger partial charge on any atom is -0.480 e. The number of aliphatic hydroxyl groups is 3. The molecule has 0 spiro atoms. The van der Waals surface area contributed by atoms with E-state index in [-0.39, 0.29) is 140 Å². The van der Waals surface area contributed by atoms with Crippen molar-refractivity contribution in [2.24, 2.45) is 17.4 Å². The van der Waals surface area contributed by atoms with Crippen molar-refractivity contribution in [1.82, 2.24) is 37.2 Å². The molecule has 7 rings (SSSR count). The molecule has 4 saturated heterocycles. The number of alkyl halides is 4. The number of hydrogen-bond acceptors (Lipinski definition) is 33. The minimum atomic E-state index is -1.33. The third kappa shape index (κ3) is 49.0. The van der Waals surface area contributed by atoms with Gasteiger partial charge in [0.15, 0.2) is 40.6 Å². The summed E-state index contributed by atoms with van der Waals surface area (Å²) in [6, 6.07) is 17.7. The Morgan fingerprint density at radius 3 is 1.20 bits per heavy atom. The van der Waals surface area contributed by atoms with E-state index in [1.165, 1.54) is 0 Å². The van der Waals surface area contributed by atoms with Crippen LogP contribution in [0.4, 0.5) is 19.2 Å². The van der Waals surface area contributed by atoms with E-state index in [2.05, 4.69) is 49.8 Å². The molecule has 4 amide bonds. The third-order valence-electron chi connectivity index (χ3n) is 13.7. The Labute approximate surface area is 668 Å². The number of halogens is 4. The Morgan fingerprint density at radius 2 is 0.848 bits per heavy atom. The number of esters is 9. The van der Waals surface area contributed by atoms with Crippen LogP contribution < -0.4 is 48.7 Å². The van der Waals surface area contributed by atoms with Gasteiger partial charge in [0.2, 0.25) is 31.4 Å². The predicted octanol–water partition coefficient (Wildman–Crippen LogP) is -2.25. The van der Waals surface area contributed by atoms with E-state index >= 15 is 0 Å². The molecule has 4 heterocycles. The van der Waals surface area contributed by atoms with Gasteiger partial charge in [-0.05, 0) is 0 Å². The Morgan fingerprint density at radius 1 is 0.491 bits per heavy atom. The monoisotopic (exact) mass is 1650 g/mol. The van der Waals surface area contributed by atoms with E-state index in [0.29, 0.717) is 16.7 Å². The van der Waals surface area contributed by atoms with Crippen LogP contribution in [0.5, 0.6) is 0 Å². The summed E-state index contributed by atoms with van der Waals surface area (Å²) in [6.45, 7) is -0.935. The average Bonchev–Trinajstić information content (AvgIpc) is 1.46. The van der Waals surface area contributed by atoms with Gasteiger partial charge in [-0.15, -0.1) is 46.4 Å². The van der Waals surface area contributed by atoms with Crippen molar-refractivity contribution in [1.29, 1.82) is 0 Å². The minimum absolute atomic E-state index is 0. The second-order valence-electron chi connectivity index (χ2n) is 22.8. The number of hydrogen-bond donors (Lipinski definition) is 13. The smallest absolute Gasteiger partial charge is 0.323 e. The van der Waals surface area contributed by atoms with Gasteiger partial charge in [0.1, 0.15) is 70.4 Å². The lowest BCUT2D eigenvalue weighted by molar-refractivity contribution is -0.153. The van der Waals surface area contributed by atoms with E-state index in [1.807, 2.05) is 0 Å². The van der Waals surface area contributed by atoms with Gasteiger partial charge < -0.3 is 91.1 Å². The van der Waals surface area contributed by atoms with Crippen LogP contribution in [-0.2, 0) is 85.8 Å². The van der Waals surface area contributed by atoms with Gasteiger partial charge >= 0.3 is 59.7 Å². The summed E-state index contributed by atoms with van der Waals surface area (Å²) in [7, 11) is 19.5. The van der Waals surface area contributed by atoms with Crippen molar-refractivity contribution < 1.29 is 141 Å². The first kappa shape index (κ1) is 103. The van der Waals surface area contributed by atoms with Crippen LogP contribution in [0.15, 0.2) is 91.0 Å². The molecule has 8 radical (unpaired) electrons. The maximum Gasteiger partial charge on any atom is 0.323 e. The standard InChI is InChI=1S/C16H19BN2O7.C16H17BN2O6.C15H18N2O5.C8H11BN2O5.C5H6O3.C4H8BNO3.2CH2Cl2.H2/c17-16(25)19-11(8-20)9-26-14(22)6-12(15(23)24)18-7-13(21)10-4-2-1-3-5-10;17-16(23)19-11-8-24-14(21)6-12(15(22)25-9-11)18-7-13(20)10-4-2-1-3-5-10;16-11-8-21-14(19)6-12(15(20)22-9-11)17-7-13(18)10-4-2-1-3-5-10;9-8(14)11-4-2-15-6(12)1-5(10)7(13)16-3-4;1-3-2-4(6)8-5(3)7;5-4(9)6-3(1-7)2-8;2*2-1-3;/h1-5,11-12,18,20H,6-9H2,(H,19,25)(H,23,24);1-5,11-12,18H,6-9H2,(H,19,23);1-5,11-12,17H,6-9,16H2;4-5H,1-3,10H2,(H,11,14);3H,2H2,1H3;3,7-8H,1-2H2,(H,6,9);2*1H2;1H. The Balaban J connectivity index is 0. The van der Waals surface area contributed by atoms with Gasteiger partial charge in [-0.3, -0.25) is 97.5 Å². The number of Topliss-reactive ketones (excluding diaryl/α,β-unsaturated/α-hetero) is 3. The molecule has 608 valence electrons. The summed E-state index contributed by atoms with van der Waals surface area (Å²) in [5.41, 5.74) is 12.4. The number of cyclic esters (lactones) is 8. The van der Waals surface area contributed by atoms with E-state index in [4.69, 9.17) is 135 Å². The number of benzene rings is 3. The SMILES string of the molecule is CC1CC(=O)OC1=O.ClCCl.ClCCl.NC1COC(=O)CC(NCC(=O)c2ccccc2)C(=O)OC1.[B]C(=O)NC(CO)CO.[B]C(=O)NC(CO)COC(=O)CC(NCC(=O)c1ccccc1)C(=O)O.[B]C(=O)NC1COC(=O)CC(N)C(=O)OC1.[B]C(=O)NC1COC(=O)CC(NCC(=O)c2ccccc2)C(=O)OC1.[HH]. The molecule has 15 N–H and O–H groups in total. The third-order valence-corrected chi connectivity index (χ3v) is 13.7. The summed E-state index contributed by atoms with van der Waals surface area (Å²) in [5.74, 6) is -11.1. The number of aliphatic carboxylic acids is 1. The zero-order valence-corrected chi connectivity index (χ0v) is 63.1. The first-order chi connectivity index (χ1) is 53.1. The maximum atomic E-state index is 12.1. The number of rotatable bonds is 24. The second kappa shape index (κ2) is 60.2. The molecule has 46 heteroatoms. The highest BCUT2D eigenvalue weighted by Crippen LogP contribution is 2.14. The van der Waals surface area contributed by atoms with Crippen molar-refractivity contribution in [3.63, 3.8) is 0 Å². The fraction of sp³-hybridized carbons (Fsp3) is 0.470. The van der Waals surface area contributed by atoms with E-state index in [0.717, 1.165) is 0 Å². The molecule has 9 atom stereocenters. The fourth-order valence-electron chi connectivity index (χ4n) is 8.19. The lowest BCUT2D eigenvalue weighted by Crippen LogP contribution is -2.43. The summed E-state index contributed by atoms with van der Waals surface area (Å²) in [6.07, 6.45) is -1.02. The predicted molar refractivity (Wildman–Crippen MR) is 400 cm³/mol. The van der Waals surface area contributed by atoms with Crippen LogP contribution in [-0.4, -0.2) is 303 Å². The zero-order valence-electron chi connectivity index (χ0n) is 60.0. The van der Waals surface area contributed by atoms with Crippen molar-refractivity contribution in [3.05, 3.63) is 108 Å². The Hall–Kier alpha value is -9.45. The van der Waals surface area contributed by atoms with Gasteiger partial charge in [-0.2, -0.15) is 0 Å². The quantitative estimate of drug-likeness (QED) is 0.0112. The summed E-state index contributed by atoms with van der Waals surface area (Å²) in [4.78, 5) is 191. The largest absolute Gasteiger partial charge is 0.480 e. The highest BCUT2D eigenvalue weighted by molar-refractivity contribution is 6.58. The number of carboxylic acids is 1. The highest BCUT2D eigenvalue weighted by Gasteiger charge is 2.32. The number of nitrogens with one attached hydrogen (secondary N) is 7. The number of ether oxygens (including phenoxy) is 8. The normalized spacial score (nSPS) is 19.1. The second-order valence-corrected chi connectivity index (χ2v) is 24.4. The first-order valence-corrected chi connectivity index (χ1v) is 35.1.